The lowest BCUT2D eigenvalue weighted by Gasteiger charge is -2.29. The summed E-state index contributed by atoms with van der Waals surface area (Å²) in [5.41, 5.74) is 1.18. The molecule has 3 rings (SSSR count). The number of ether oxygens (including phenoxy) is 1. The van der Waals surface area contributed by atoms with Crippen LogP contribution in [0.4, 0.5) is 0 Å². The van der Waals surface area contributed by atoms with Gasteiger partial charge in [0.05, 0.1) is 39.4 Å². The van der Waals surface area contributed by atoms with E-state index < -0.39 is 0 Å². The van der Waals surface area contributed by atoms with E-state index in [2.05, 4.69) is 12.1 Å². The van der Waals surface area contributed by atoms with E-state index in [1.165, 1.54) is 17.4 Å². The molecule has 31 heavy (non-hydrogen) atoms. The number of hydrogen-bond donors (Lipinski definition) is 1. The Balaban J connectivity index is 1.61. The molecule has 0 atom stereocenters. The Morgan fingerprint density at radius 2 is 1.74 bits per heavy atom. The van der Waals surface area contributed by atoms with Gasteiger partial charge in [-0.15, -0.1) is 0 Å². The second-order valence-corrected chi connectivity index (χ2v) is 8.12. The van der Waals surface area contributed by atoms with Crippen molar-refractivity contribution in [1.29, 1.82) is 0 Å². The van der Waals surface area contributed by atoms with Crippen molar-refractivity contribution in [2.75, 3.05) is 52.5 Å². The third-order valence-electron chi connectivity index (χ3n) is 5.72. The summed E-state index contributed by atoms with van der Waals surface area (Å²) < 4.78 is 11.1. The number of nitrogens with one attached hydrogen (secondary N) is 1. The number of furan rings is 1. The number of carbonyl (C=O) groups excluding carboxylic acids is 2. The standard InChI is InChI=1S/C24H33N3O4/c1-20-8-9-23(31-20)18-27(11-10-22-6-4-3-5-7-22)24(29)19-26(21(2)28)13-12-25-14-16-30-17-15-25/h3-9H,10-19H2,1-2H3/p+1. The maximum absolute atomic E-state index is 13.2. The van der Waals surface area contributed by atoms with Crippen LogP contribution in [0.1, 0.15) is 24.0 Å². The molecule has 1 N–H and O–H groups in total. The van der Waals surface area contributed by atoms with Crippen LogP contribution in [0.15, 0.2) is 46.9 Å². The van der Waals surface area contributed by atoms with Crippen LogP contribution in [-0.2, 0) is 27.3 Å². The number of rotatable bonds is 10. The van der Waals surface area contributed by atoms with Crippen LogP contribution in [0, 0.1) is 6.92 Å². The average Bonchev–Trinajstić information content (AvgIpc) is 3.19. The lowest BCUT2D eigenvalue weighted by molar-refractivity contribution is -0.907. The fourth-order valence-corrected chi connectivity index (χ4v) is 3.77. The molecule has 7 nitrogen and oxygen atoms in total. The molecule has 2 heterocycles. The van der Waals surface area contributed by atoms with Crippen molar-refractivity contribution in [3.63, 3.8) is 0 Å². The van der Waals surface area contributed by atoms with Crippen LogP contribution in [0.25, 0.3) is 0 Å². The summed E-state index contributed by atoms with van der Waals surface area (Å²) >= 11 is 0. The molecule has 1 aliphatic heterocycles. The highest BCUT2D eigenvalue weighted by molar-refractivity contribution is 5.83. The van der Waals surface area contributed by atoms with Gasteiger partial charge in [0.1, 0.15) is 24.6 Å². The maximum Gasteiger partial charge on any atom is 0.242 e. The molecule has 0 radical (unpaired) electrons. The Labute approximate surface area is 184 Å². The number of carbonyl (C=O) groups is 2. The van der Waals surface area contributed by atoms with Crippen molar-refractivity contribution in [2.24, 2.45) is 0 Å². The van der Waals surface area contributed by atoms with Crippen LogP contribution >= 0.6 is 0 Å². The number of morpholine rings is 1. The van der Waals surface area contributed by atoms with E-state index in [9.17, 15) is 9.59 Å². The van der Waals surface area contributed by atoms with Gasteiger partial charge >= 0.3 is 0 Å². The second-order valence-electron chi connectivity index (χ2n) is 8.12. The maximum atomic E-state index is 13.2. The summed E-state index contributed by atoms with van der Waals surface area (Å²) in [5.74, 6) is 1.45. The summed E-state index contributed by atoms with van der Waals surface area (Å²) in [6.07, 6.45) is 0.754. The molecule has 1 saturated heterocycles. The highest BCUT2D eigenvalue weighted by atomic mass is 16.5. The van der Waals surface area contributed by atoms with E-state index in [-0.39, 0.29) is 18.4 Å². The molecule has 0 saturated carbocycles. The number of nitrogens with zero attached hydrogens (tertiary/aromatic N) is 2. The number of benzene rings is 1. The minimum Gasteiger partial charge on any atom is -0.464 e. The van der Waals surface area contributed by atoms with Crippen molar-refractivity contribution in [3.05, 3.63) is 59.5 Å². The third kappa shape index (κ3) is 7.52. The van der Waals surface area contributed by atoms with E-state index in [0.29, 0.717) is 19.6 Å². The molecule has 0 spiro atoms. The molecule has 1 aromatic heterocycles. The van der Waals surface area contributed by atoms with Crippen LogP contribution < -0.4 is 4.90 Å². The van der Waals surface area contributed by atoms with E-state index >= 15 is 0 Å². The Bertz CT molecular complexity index is 830. The summed E-state index contributed by atoms with van der Waals surface area (Å²) in [4.78, 5) is 30.3. The van der Waals surface area contributed by atoms with Gasteiger partial charge in [0.2, 0.25) is 11.8 Å². The molecule has 1 aliphatic rings. The zero-order valence-electron chi connectivity index (χ0n) is 18.6. The first-order valence-corrected chi connectivity index (χ1v) is 11.0. The second kappa shape index (κ2) is 11.7. The predicted molar refractivity (Wildman–Crippen MR) is 118 cm³/mol. The Morgan fingerprint density at radius 3 is 2.39 bits per heavy atom. The summed E-state index contributed by atoms with van der Waals surface area (Å²) in [6, 6.07) is 13.9. The van der Waals surface area contributed by atoms with Gasteiger partial charge in [-0.25, -0.2) is 0 Å². The molecule has 1 fully saturated rings. The lowest BCUT2D eigenvalue weighted by atomic mass is 10.1. The van der Waals surface area contributed by atoms with E-state index in [1.807, 2.05) is 37.3 Å². The van der Waals surface area contributed by atoms with Gasteiger partial charge in [-0.05, 0) is 31.0 Å². The quantitative estimate of drug-likeness (QED) is 0.611. The fraction of sp³-hybridized carbons (Fsp3) is 0.500. The van der Waals surface area contributed by atoms with Gasteiger partial charge in [-0.1, -0.05) is 30.3 Å². The molecular weight excluding hydrogens is 394 g/mol. The monoisotopic (exact) mass is 428 g/mol. The Kier molecular flexibility index (Phi) is 8.67. The largest absolute Gasteiger partial charge is 0.464 e. The molecule has 0 aliphatic carbocycles. The zero-order valence-corrected chi connectivity index (χ0v) is 18.6. The lowest BCUT2D eigenvalue weighted by Crippen LogP contribution is -3.14. The SMILES string of the molecule is CC(=O)N(CC[NH+]1CCOCC1)CC(=O)N(CCc1ccccc1)Cc1ccc(C)o1. The smallest absolute Gasteiger partial charge is 0.242 e. The van der Waals surface area contributed by atoms with Crippen LogP contribution in [0.2, 0.25) is 0 Å². The Hall–Kier alpha value is -2.64. The van der Waals surface area contributed by atoms with Crippen molar-refractivity contribution in [3.8, 4) is 0 Å². The van der Waals surface area contributed by atoms with Crippen LogP contribution in [0.3, 0.4) is 0 Å². The molecule has 7 heteroatoms. The van der Waals surface area contributed by atoms with Crippen molar-refractivity contribution < 1.29 is 23.6 Å². The van der Waals surface area contributed by atoms with Crippen molar-refractivity contribution >= 4 is 11.8 Å². The fourth-order valence-electron chi connectivity index (χ4n) is 3.77. The predicted octanol–water partition coefficient (Wildman–Crippen LogP) is 0.923. The zero-order chi connectivity index (χ0) is 22.1. The molecule has 1 aromatic carbocycles. The van der Waals surface area contributed by atoms with Crippen molar-refractivity contribution in [2.45, 2.75) is 26.8 Å². The first-order chi connectivity index (χ1) is 15.0. The average molecular weight is 429 g/mol. The van der Waals surface area contributed by atoms with Gasteiger partial charge in [0, 0.05) is 13.5 Å². The summed E-state index contributed by atoms with van der Waals surface area (Å²) in [6.45, 7) is 9.30. The highest BCUT2D eigenvalue weighted by Gasteiger charge is 2.22. The van der Waals surface area contributed by atoms with Crippen LogP contribution in [0.5, 0.6) is 0 Å². The molecule has 0 bridgehead atoms. The van der Waals surface area contributed by atoms with Crippen LogP contribution in [-0.4, -0.2) is 74.1 Å². The number of aryl methyl sites for hydroxylation is 1. The minimum absolute atomic E-state index is 0.0582. The molecule has 2 amide bonds. The summed E-state index contributed by atoms with van der Waals surface area (Å²) in [5, 5.41) is 0. The first kappa shape index (κ1) is 23.0. The van der Waals surface area contributed by atoms with Gasteiger partial charge in [-0.3, -0.25) is 9.59 Å². The third-order valence-corrected chi connectivity index (χ3v) is 5.72. The normalized spacial score (nSPS) is 14.4. The molecular formula is C24H34N3O4+. The molecule has 168 valence electrons. The minimum atomic E-state index is -0.0714. The molecule has 2 aromatic rings. The Morgan fingerprint density at radius 1 is 1.00 bits per heavy atom. The van der Waals surface area contributed by atoms with E-state index in [1.54, 1.807) is 9.80 Å². The van der Waals surface area contributed by atoms with Gasteiger partial charge < -0.3 is 23.9 Å². The van der Waals surface area contributed by atoms with E-state index in [0.717, 1.165) is 50.8 Å². The highest BCUT2D eigenvalue weighted by Crippen LogP contribution is 2.12. The topological polar surface area (TPSA) is 67.4 Å². The van der Waals surface area contributed by atoms with Gasteiger partial charge in [-0.2, -0.15) is 0 Å². The summed E-state index contributed by atoms with van der Waals surface area (Å²) in [7, 11) is 0. The van der Waals surface area contributed by atoms with E-state index in [4.69, 9.17) is 9.15 Å². The number of amides is 2. The van der Waals surface area contributed by atoms with Gasteiger partial charge in [0.25, 0.3) is 0 Å². The number of hydrogen-bond acceptors (Lipinski definition) is 4. The van der Waals surface area contributed by atoms with Crippen molar-refractivity contribution in [1.82, 2.24) is 9.80 Å². The van der Waals surface area contributed by atoms with Gasteiger partial charge in [0.15, 0.2) is 0 Å². The molecule has 0 unspecified atom stereocenters. The number of quaternary nitrogens is 1. The first-order valence-electron chi connectivity index (χ1n) is 11.0.